The van der Waals surface area contributed by atoms with Crippen molar-refractivity contribution in [3.8, 4) is 11.5 Å². The number of aromatic nitrogens is 4. The van der Waals surface area contributed by atoms with Crippen LogP contribution in [0.3, 0.4) is 0 Å². The monoisotopic (exact) mass is 482 g/mol. The van der Waals surface area contributed by atoms with Gasteiger partial charge in [0.15, 0.2) is 5.16 Å². The van der Waals surface area contributed by atoms with E-state index in [1.54, 1.807) is 29.3 Å². The normalized spacial score (nSPS) is 17.4. The van der Waals surface area contributed by atoms with E-state index in [1.165, 1.54) is 11.8 Å². The predicted molar refractivity (Wildman–Crippen MR) is 124 cm³/mol. The minimum Gasteiger partial charge on any atom is -0.481 e. The van der Waals surface area contributed by atoms with Crippen LogP contribution in [-0.4, -0.2) is 62.1 Å². The molecule has 2 aliphatic heterocycles. The first-order valence-electron chi connectivity index (χ1n) is 10.8. The van der Waals surface area contributed by atoms with E-state index in [4.69, 9.17) is 9.52 Å². The molecule has 1 saturated heterocycles. The summed E-state index contributed by atoms with van der Waals surface area (Å²) >= 11 is 1.44. The standard InChI is InChI=1S/C22H22N6O5S/c1-34-21-23-11-16-18(24-21)26-8-3-6-15(26)12-27(20(16)31)14-5-2-4-13(10-14)19-25-28(22(32)33-19)9-7-17(29)30/h2,4-5,10-11,15H,3,6-9,12H2,1H3,(H,29,30)/t15-/m0/s1. The summed E-state index contributed by atoms with van der Waals surface area (Å²) in [6.07, 6.45) is 5.22. The lowest BCUT2D eigenvalue weighted by atomic mass is 10.1. The predicted octanol–water partition coefficient (Wildman–Crippen LogP) is 2.12. The summed E-state index contributed by atoms with van der Waals surface area (Å²) in [6.45, 7) is 1.24. The molecule has 176 valence electrons. The zero-order valence-electron chi connectivity index (χ0n) is 18.4. The van der Waals surface area contributed by atoms with Gasteiger partial charge in [-0.2, -0.15) is 4.68 Å². The van der Waals surface area contributed by atoms with Gasteiger partial charge in [-0.3, -0.25) is 9.59 Å². The third-order valence-corrected chi connectivity index (χ3v) is 6.56. The van der Waals surface area contributed by atoms with Gasteiger partial charge in [0.05, 0.1) is 13.0 Å². The number of carbonyl (C=O) groups is 2. The molecule has 12 heteroatoms. The molecule has 1 atom stereocenters. The van der Waals surface area contributed by atoms with E-state index in [0.29, 0.717) is 34.3 Å². The van der Waals surface area contributed by atoms with E-state index in [9.17, 15) is 14.4 Å². The van der Waals surface area contributed by atoms with Crippen LogP contribution in [0.5, 0.6) is 0 Å². The van der Waals surface area contributed by atoms with Gasteiger partial charge in [-0.05, 0) is 37.3 Å². The fourth-order valence-corrected chi connectivity index (χ4v) is 4.70. The lowest BCUT2D eigenvalue weighted by Crippen LogP contribution is -2.39. The molecule has 0 aliphatic carbocycles. The highest BCUT2D eigenvalue weighted by Crippen LogP contribution is 2.35. The number of fused-ring (bicyclic) bond motifs is 3. The number of nitrogens with zero attached hydrogens (tertiary/aromatic N) is 6. The summed E-state index contributed by atoms with van der Waals surface area (Å²) in [5.74, 6) is -1.22. The SMILES string of the molecule is CSc1ncc2c(n1)N1CCC[C@H]1CN(c1cccc(-c3nn(CCC(=O)O)c(=O)o3)c1)C2=O. The molecule has 2 aromatic heterocycles. The van der Waals surface area contributed by atoms with Crippen LogP contribution in [0.2, 0.25) is 0 Å². The van der Waals surface area contributed by atoms with Crippen molar-refractivity contribution >= 4 is 35.1 Å². The molecule has 34 heavy (non-hydrogen) atoms. The molecule has 1 fully saturated rings. The van der Waals surface area contributed by atoms with Crippen molar-refractivity contribution in [1.29, 1.82) is 0 Å². The second kappa shape index (κ2) is 8.93. The van der Waals surface area contributed by atoms with Crippen molar-refractivity contribution in [2.75, 3.05) is 29.1 Å². The Balaban J connectivity index is 1.50. The Kier molecular flexibility index (Phi) is 5.82. The molecule has 2 aliphatic rings. The molecule has 0 radical (unpaired) electrons. The number of carbonyl (C=O) groups excluding carboxylic acids is 1. The zero-order chi connectivity index (χ0) is 23.8. The highest BCUT2D eigenvalue weighted by Gasteiger charge is 2.37. The molecule has 1 aromatic carbocycles. The van der Waals surface area contributed by atoms with Gasteiger partial charge in [-0.25, -0.2) is 14.8 Å². The van der Waals surface area contributed by atoms with Crippen LogP contribution in [0.25, 0.3) is 11.5 Å². The Hall–Kier alpha value is -3.67. The van der Waals surface area contributed by atoms with Gasteiger partial charge in [-0.1, -0.05) is 17.8 Å². The largest absolute Gasteiger partial charge is 0.481 e. The topological polar surface area (TPSA) is 135 Å². The maximum atomic E-state index is 13.6. The molecule has 1 amide bonds. The number of rotatable bonds is 6. The molecule has 4 heterocycles. The second-order valence-corrected chi connectivity index (χ2v) is 8.86. The van der Waals surface area contributed by atoms with Crippen molar-refractivity contribution < 1.29 is 19.1 Å². The van der Waals surface area contributed by atoms with Gasteiger partial charge in [0.25, 0.3) is 5.91 Å². The Morgan fingerprint density at radius 3 is 2.97 bits per heavy atom. The van der Waals surface area contributed by atoms with E-state index in [0.717, 1.165) is 24.1 Å². The van der Waals surface area contributed by atoms with Crippen LogP contribution in [0.1, 0.15) is 29.6 Å². The van der Waals surface area contributed by atoms with Crippen LogP contribution in [-0.2, 0) is 11.3 Å². The number of anilines is 2. The maximum absolute atomic E-state index is 13.6. The van der Waals surface area contributed by atoms with Crippen LogP contribution in [0, 0.1) is 0 Å². The van der Waals surface area contributed by atoms with E-state index in [-0.39, 0.29) is 30.8 Å². The number of carboxylic acids is 1. The van der Waals surface area contributed by atoms with E-state index in [2.05, 4.69) is 20.0 Å². The highest BCUT2D eigenvalue weighted by molar-refractivity contribution is 7.98. The molecular formula is C22H22N6O5S. The van der Waals surface area contributed by atoms with Crippen molar-refractivity contribution in [3.63, 3.8) is 0 Å². The molecule has 0 unspecified atom stereocenters. The number of aryl methyl sites for hydroxylation is 1. The lowest BCUT2D eigenvalue weighted by molar-refractivity contribution is -0.137. The van der Waals surface area contributed by atoms with Crippen LogP contribution in [0.4, 0.5) is 11.5 Å². The number of aliphatic carboxylic acids is 1. The third kappa shape index (κ3) is 4.04. The first-order chi connectivity index (χ1) is 16.4. The van der Waals surface area contributed by atoms with Gasteiger partial charge in [0.2, 0.25) is 5.89 Å². The molecule has 0 spiro atoms. The quantitative estimate of drug-likeness (QED) is 0.411. The average molecular weight is 483 g/mol. The Labute approximate surface area is 198 Å². The number of hydrogen-bond acceptors (Lipinski definition) is 9. The minimum atomic E-state index is -1.03. The number of carboxylic acid groups (broad SMARTS) is 1. The number of amides is 1. The van der Waals surface area contributed by atoms with Gasteiger partial charge >= 0.3 is 11.7 Å². The molecule has 11 nitrogen and oxygen atoms in total. The highest BCUT2D eigenvalue weighted by atomic mass is 32.2. The van der Waals surface area contributed by atoms with Crippen LogP contribution < -0.4 is 15.6 Å². The lowest BCUT2D eigenvalue weighted by Gasteiger charge is -2.27. The van der Waals surface area contributed by atoms with E-state index in [1.807, 2.05) is 12.3 Å². The fraction of sp³-hybridized carbons (Fsp3) is 0.364. The van der Waals surface area contributed by atoms with Gasteiger partial charge in [-0.15, -0.1) is 5.10 Å². The number of benzene rings is 1. The first-order valence-corrected chi connectivity index (χ1v) is 12.1. The summed E-state index contributed by atoms with van der Waals surface area (Å²) in [5, 5.41) is 13.6. The molecule has 5 rings (SSSR count). The number of thioether (sulfide) groups is 1. The average Bonchev–Trinajstić information content (AvgIpc) is 3.44. The smallest absolute Gasteiger partial charge is 0.437 e. The number of hydrogen-bond donors (Lipinski definition) is 1. The summed E-state index contributed by atoms with van der Waals surface area (Å²) < 4.78 is 6.23. The van der Waals surface area contributed by atoms with Crippen molar-refractivity contribution in [3.05, 3.63) is 46.6 Å². The summed E-state index contributed by atoms with van der Waals surface area (Å²) in [4.78, 5) is 49.4. The Morgan fingerprint density at radius 1 is 1.32 bits per heavy atom. The summed E-state index contributed by atoms with van der Waals surface area (Å²) in [6, 6.07) is 7.18. The van der Waals surface area contributed by atoms with Crippen molar-refractivity contribution in [2.24, 2.45) is 0 Å². The Morgan fingerprint density at radius 2 is 2.18 bits per heavy atom. The fourth-order valence-electron chi connectivity index (χ4n) is 4.36. The first kappa shape index (κ1) is 22.1. The van der Waals surface area contributed by atoms with E-state index >= 15 is 0 Å². The van der Waals surface area contributed by atoms with Crippen molar-refractivity contribution in [2.45, 2.75) is 37.0 Å². The van der Waals surface area contributed by atoms with Gasteiger partial charge in [0.1, 0.15) is 11.4 Å². The second-order valence-electron chi connectivity index (χ2n) is 8.09. The molecular weight excluding hydrogens is 460 g/mol. The summed E-state index contributed by atoms with van der Waals surface area (Å²) in [7, 11) is 0. The molecule has 0 saturated carbocycles. The maximum Gasteiger partial charge on any atom is 0.437 e. The zero-order valence-corrected chi connectivity index (χ0v) is 19.2. The van der Waals surface area contributed by atoms with Gasteiger partial charge in [0, 0.05) is 36.6 Å². The molecule has 3 aromatic rings. The van der Waals surface area contributed by atoms with Crippen LogP contribution >= 0.6 is 11.8 Å². The van der Waals surface area contributed by atoms with Crippen LogP contribution in [0.15, 0.2) is 44.8 Å². The van der Waals surface area contributed by atoms with Gasteiger partial charge < -0.3 is 19.3 Å². The minimum absolute atomic E-state index is 0.0651. The summed E-state index contributed by atoms with van der Waals surface area (Å²) in [5.41, 5.74) is 1.61. The third-order valence-electron chi connectivity index (χ3n) is 6.00. The Bertz CT molecular complexity index is 1320. The van der Waals surface area contributed by atoms with Crippen molar-refractivity contribution in [1.82, 2.24) is 19.7 Å². The molecule has 1 N–H and O–H groups in total. The van der Waals surface area contributed by atoms with E-state index < -0.39 is 11.7 Å². The molecule has 0 bridgehead atoms.